The molecule has 0 aliphatic rings. The van der Waals surface area contributed by atoms with E-state index in [1.54, 1.807) is 49.4 Å². The molecule has 0 aliphatic heterocycles. The van der Waals surface area contributed by atoms with Gasteiger partial charge in [-0.15, -0.1) is 0 Å². The van der Waals surface area contributed by atoms with Gasteiger partial charge in [0.15, 0.2) is 0 Å². The zero-order valence-electron chi connectivity index (χ0n) is 14.9. The third-order valence-corrected chi connectivity index (χ3v) is 5.46. The fourth-order valence-corrected chi connectivity index (χ4v) is 3.90. The van der Waals surface area contributed by atoms with Crippen LogP contribution in [0.2, 0.25) is 0 Å². The van der Waals surface area contributed by atoms with Gasteiger partial charge in [0.05, 0.1) is 28.0 Å². The molecule has 7 heteroatoms. The molecule has 0 amide bonds. The van der Waals surface area contributed by atoms with Gasteiger partial charge in [-0.25, -0.2) is 13.4 Å². The fourth-order valence-electron chi connectivity index (χ4n) is 2.56. The Bertz CT molecular complexity index is 1120. The predicted molar refractivity (Wildman–Crippen MR) is 105 cm³/mol. The molecule has 0 bridgehead atoms. The lowest BCUT2D eigenvalue weighted by molar-refractivity contribution is 0.600. The second-order valence-corrected chi connectivity index (χ2v) is 7.74. The molecule has 3 aromatic rings. The third-order valence-electron chi connectivity index (χ3n) is 3.96. The van der Waals surface area contributed by atoms with Crippen LogP contribution in [0, 0.1) is 25.2 Å². The Morgan fingerprint density at radius 2 is 1.81 bits per heavy atom. The van der Waals surface area contributed by atoms with Crippen molar-refractivity contribution in [3.63, 3.8) is 0 Å². The summed E-state index contributed by atoms with van der Waals surface area (Å²) in [6.45, 7) is 3.59. The van der Waals surface area contributed by atoms with Gasteiger partial charge < -0.3 is 5.32 Å². The number of hydrogen-bond acceptors (Lipinski definition) is 5. The number of benzene rings is 2. The first-order valence-electron chi connectivity index (χ1n) is 8.21. The number of nitrogens with one attached hydrogen (secondary N) is 2. The van der Waals surface area contributed by atoms with Crippen molar-refractivity contribution in [2.75, 3.05) is 10.0 Å². The maximum absolute atomic E-state index is 12.6. The van der Waals surface area contributed by atoms with E-state index in [2.05, 4.69) is 21.1 Å². The number of sulfonamides is 1. The summed E-state index contributed by atoms with van der Waals surface area (Å²) in [5.74, 6) is 0.218. The first-order valence-corrected chi connectivity index (χ1v) is 9.69. The zero-order chi connectivity index (χ0) is 19.4. The number of rotatable bonds is 5. The highest BCUT2D eigenvalue weighted by Gasteiger charge is 2.17. The number of para-hydroxylation sites is 1. The second kappa shape index (κ2) is 7.48. The average Bonchev–Trinajstić information content (AvgIpc) is 2.65. The molecule has 136 valence electrons. The number of aryl methyl sites for hydroxylation is 2. The molecule has 1 aromatic heterocycles. The fraction of sp³-hybridized carbons (Fsp3) is 0.100. The maximum Gasteiger partial charge on any atom is 0.263 e. The Labute approximate surface area is 158 Å². The summed E-state index contributed by atoms with van der Waals surface area (Å²) in [6.07, 6.45) is 1.51. The van der Waals surface area contributed by atoms with Crippen molar-refractivity contribution < 1.29 is 8.42 Å². The summed E-state index contributed by atoms with van der Waals surface area (Å²) in [5.41, 5.74) is 3.35. The second-order valence-electron chi connectivity index (χ2n) is 6.09. The predicted octanol–water partition coefficient (Wildman–Crippen LogP) is 4.11. The average molecular weight is 378 g/mol. The van der Waals surface area contributed by atoms with E-state index in [9.17, 15) is 8.42 Å². The molecule has 2 N–H and O–H groups in total. The minimum atomic E-state index is -3.72. The first-order chi connectivity index (χ1) is 12.9. The molecule has 0 saturated carbocycles. The Balaban J connectivity index is 1.80. The van der Waals surface area contributed by atoms with Crippen LogP contribution in [-0.2, 0) is 10.0 Å². The molecule has 6 nitrogen and oxygen atoms in total. The van der Waals surface area contributed by atoms with E-state index in [1.165, 1.54) is 6.20 Å². The zero-order valence-corrected chi connectivity index (χ0v) is 15.7. The Kier molecular flexibility index (Phi) is 5.10. The van der Waals surface area contributed by atoms with Gasteiger partial charge in [0.2, 0.25) is 0 Å². The van der Waals surface area contributed by atoms with Gasteiger partial charge >= 0.3 is 0 Å². The molecule has 0 saturated heterocycles. The number of nitrogens with zero attached hydrogens (tertiary/aromatic N) is 2. The van der Waals surface area contributed by atoms with E-state index >= 15 is 0 Å². The monoisotopic (exact) mass is 378 g/mol. The lowest BCUT2D eigenvalue weighted by Crippen LogP contribution is -2.15. The van der Waals surface area contributed by atoms with Crippen molar-refractivity contribution >= 4 is 27.2 Å². The molecule has 3 rings (SSSR count). The van der Waals surface area contributed by atoms with Crippen LogP contribution in [0.15, 0.2) is 65.7 Å². The van der Waals surface area contributed by atoms with E-state index in [1.807, 2.05) is 19.1 Å². The lowest BCUT2D eigenvalue weighted by atomic mass is 10.2. The molecule has 0 spiro atoms. The molecule has 0 fully saturated rings. The standard InChI is InChI=1S/C20H18N4O2S/c1-14-7-8-15(2)19(11-14)27(25,26)24-20-10-9-17(13-22-20)23-18-6-4-3-5-16(18)12-21/h3-11,13,23H,1-2H3,(H,22,24). The summed E-state index contributed by atoms with van der Waals surface area (Å²) in [6, 6.07) is 17.8. The van der Waals surface area contributed by atoms with Crippen molar-refractivity contribution in [3.05, 3.63) is 77.5 Å². The van der Waals surface area contributed by atoms with Crippen molar-refractivity contribution in [1.29, 1.82) is 5.26 Å². The Morgan fingerprint density at radius 3 is 2.52 bits per heavy atom. The molecular weight excluding hydrogens is 360 g/mol. The minimum absolute atomic E-state index is 0.218. The number of nitriles is 1. The highest BCUT2D eigenvalue weighted by molar-refractivity contribution is 7.92. The van der Waals surface area contributed by atoms with Gasteiger partial charge in [-0.2, -0.15) is 5.26 Å². The molecule has 0 unspecified atom stereocenters. The topological polar surface area (TPSA) is 94.9 Å². The molecule has 0 atom stereocenters. The maximum atomic E-state index is 12.6. The number of pyridine rings is 1. The van der Waals surface area contributed by atoms with E-state index < -0.39 is 10.0 Å². The number of hydrogen-bond donors (Lipinski definition) is 2. The normalized spacial score (nSPS) is 10.9. The molecular formula is C20H18N4O2S. The van der Waals surface area contributed by atoms with Crippen LogP contribution in [0.3, 0.4) is 0 Å². The van der Waals surface area contributed by atoms with Crippen molar-refractivity contribution in [2.24, 2.45) is 0 Å². The summed E-state index contributed by atoms with van der Waals surface area (Å²) in [5, 5.41) is 12.2. The smallest absolute Gasteiger partial charge is 0.263 e. The third kappa shape index (κ3) is 4.25. The van der Waals surface area contributed by atoms with Gasteiger partial charge in [-0.3, -0.25) is 4.72 Å². The molecule has 2 aromatic carbocycles. The molecule has 27 heavy (non-hydrogen) atoms. The molecule has 1 heterocycles. The highest BCUT2D eigenvalue weighted by Crippen LogP contribution is 2.22. The Morgan fingerprint density at radius 1 is 1.04 bits per heavy atom. The van der Waals surface area contributed by atoms with Gasteiger partial charge in [0, 0.05) is 0 Å². The summed E-state index contributed by atoms with van der Waals surface area (Å²) >= 11 is 0. The van der Waals surface area contributed by atoms with E-state index in [4.69, 9.17) is 5.26 Å². The van der Waals surface area contributed by atoms with Crippen molar-refractivity contribution in [1.82, 2.24) is 4.98 Å². The van der Waals surface area contributed by atoms with Crippen LogP contribution in [0.4, 0.5) is 17.2 Å². The van der Waals surface area contributed by atoms with Gasteiger partial charge in [0.1, 0.15) is 11.9 Å². The van der Waals surface area contributed by atoms with Crippen LogP contribution in [0.25, 0.3) is 0 Å². The Hall–Kier alpha value is -3.37. The van der Waals surface area contributed by atoms with Gasteiger partial charge in [-0.05, 0) is 55.3 Å². The van der Waals surface area contributed by atoms with Gasteiger partial charge in [0.25, 0.3) is 10.0 Å². The first kappa shape index (κ1) is 18.4. The number of aromatic nitrogens is 1. The summed E-state index contributed by atoms with van der Waals surface area (Å²) < 4.78 is 27.8. The molecule has 0 aliphatic carbocycles. The lowest BCUT2D eigenvalue weighted by Gasteiger charge is -2.12. The summed E-state index contributed by atoms with van der Waals surface area (Å²) in [4.78, 5) is 4.39. The van der Waals surface area contributed by atoms with Crippen molar-refractivity contribution in [2.45, 2.75) is 18.7 Å². The number of anilines is 3. The van der Waals surface area contributed by atoms with Crippen LogP contribution >= 0.6 is 0 Å². The van der Waals surface area contributed by atoms with Crippen LogP contribution in [-0.4, -0.2) is 13.4 Å². The largest absolute Gasteiger partial charge is 0.353 e. The van der Waals surface area contributed by atoms with Crippen LogP contribution in [0.1, 0.15) is 16.7 Å². The van der Waals surface area contributed by atoms with Crippen molar-refractivity contribution in [3.8, 4) is 6.07 Å². The van der Waals surface area contributed by atoms with Crippen LogP contribution in [0.5, 0.6) is 0 Å². The highest BCUT2D eigenvalue weighted by atomic mass is 32.2. The van der Waals surface area contributed by atoms with E-state index in [0.717, 1.165) is 5.56 Å². The molecule has 0 radical (unpaired) electrons. The SMILES string of the molecule is Cc1ccc(C)c(S(=O)(=O)Nc2ccc(Nc3ccccc3C#N)cn2)c1. The van der Waals surface area contributed by atoms with E-state index in [0.29, 0.717) is 22.5 Å². The summed E-state index contributed by atoms with van der Waals surface area (Å²) in [7, 11) is -3.72. The quantitative estimate of drug-likeness (QED) is 0.696. The van der Waals surface area contributed by atoms with Crippen LogP contribution < -0.4 is 10.0 Å². The van der Waals surface area contributed by atoms with E-state index in [-0.39, 0.29) is 10.7 Å². The van der Waals surface area contributed by atoms with Gasteiger partial charge in [-0.1, -0.05) is 24.3 Å². The minimum Gasteiger partial charge on any atom is -0.353 e.